The number of aromatic nitrogens is 3. The molecular weight excluding hydrogens is 292 g/mol. The van der Waals surface area contributed by atoms with Crippen molar-refractivity contribution in [2.45, 2.75) is 27.3 Å². The normalized spacial score (nSPS) is 10.9. The van der Waals surface area contributed by atoms with E-state index in [-0.39, 0.29) is 0 Å². The van der Waals surface area contributed by atoms with E-state index in [2.05, 4.69) is 51.2 Å². The van der Waals surface area contributed by atoms with Gasteiger partial charge in [0.25, 0.3) is 0 Å². The Morgan fingerprint density at radius 2 is 2.17 bits per heavy atom. The molecule has 0 saturated carbocycles. The number of nitrogens with one attached hydrogen (secondary N) is 1. The Hall–Kier alpha value is -1.20. The molecule has 0 aromatic carbocycles. The van der Waals surface area contributed by atoms with Crippen molar-refractivity contribution in [1.29, 1.82) is 0 Å². The zero-order valence-corrected chi connectivity index (χ0v) is 12.5. The summed E-state index contributed by atoms with van der Waals surface area (Å²) in [5, 5.41) is 7.80. The van der Waals surface area contributed by atoms with E-state index in [1.165, 1.54) is 0 Å². The molecule has 2 rings (SSSR count). The van der Waals surface area contributed by atoms with Crippen molar-refractivity contribution >= 4 is 15.9 Å². The number of hydrogen-bond acceptors (Lipinski definition) is 3. The molecule has 0 fully saturated rings. The van der Waals surface area contributed by atoms with Gasteiger partial charge >= 0.3 is 0 Å². The van der Waals surface area contributed by atoms with Crippen LogP contribution in [0.15, 0.2) is 22.8 Å². The average molecular weight is 309 g/mol. The second-order valence-electron chi connectivity index (χ2n) is 4.18. The summed E-state index contributed by atoms with van der Waals surface area (Å²) in [4.78, 5) is 4.35. The highest BCUT2D eigenvalue weighted by molar-refractivity contribution is 9.10. The predicted octanol–water partition coefficient (Wildman–Crippen LogP) is 2.76. The van der Waals surface area contributed by atoms with E-state index in [0.29, 0.717) is 0 Å². The Morgan fingerprint density at radius 3 is 2.78 bits per heavy atom. The van der Waals surface area contributed by atoms with Gasteiger partial charge in [-0.2, -0.15) is 5.10 Å². The Kier molecular flexibility index (Phi) is 4.14. The molecule has 0 amide bonds. The Labute approximate surface area is 116 Å². The number of rotatable bonds is 4. The maximum absolute atomic E-state index is 4.52. The highest BCUT2D eigenvalue weighted by atomic mass is 79.9. The number of pyridine rings is 1. The topological polar surface area (TPSA) is 42.7 Å². The van der Waals surface area contributed by atoms with Crippen LogP contribution in [0, 0.1) is 13.8 Å². The van der Waals surface area contributed by atoms with Crippen molar-refractivity contribution in [3.8, 4) is 5.69 Å². The fourth-order valence-corrected chi connectivity index (χ4v) is 2.07. The van der Waals surface area contributed by atoms with Gasteiger partial charge < -0.3 is 5.32 Å². The van der Waals surface area contributed by atoms with Crippen molar-refractivity contribution in [2.75, 3.05) is 6.54 Å². The molecule has 1 N–H and O–H groups in total. The maximum atomic E-state index is 4.52. The van der Waals surface area contributed by atoms with Crippen LogP contribution >= 0.6 is 15.9 Å². The van der Waals surface area contributed by atoms with Crippen LogP contribution in [-0.4, -0.2) is 21.3 Å². The quantitative estimate of drug-likeness (QED) is 0.944. The first-order valence-corrected chi connectivity index (χ1v) is 6.80. The maximum Gasteiger partial charge on any atom is 0.0743 e. The SMILES string of the molecule is CCNCc1cc(-n2nc(C)c(Br)c2C)ccn1. The molecule has 0 aliphatic rings. The van der Waals surface area contributed by atoms with Gasteiger partial charge in [0.05, 0.1) is 27.2 Å². The van der Waals surface area contributed by atoms with E-state index in [0.717, 1.165) is 40.3 Å². The van der Waals surface area contributed by atoms with Crippen LogP contribution in [0.1, 0.15) is 24.0 Å². The van der Waals surface area contributed by atoms with E-state index in [1.807, 2.05) is 23.9 Å². The van der Waals surface area contributed by atoms with Crippen molar-refractivity contribution in [1.82, 2.24) is 20.1 Å². The number of nitrogens with zero attached hydrogens (tertiary/aromatic N) is 3. The predicted molar refractivity (Wildman–Crippen MR) is 75.9 cm³/mol. The molecule has 4 nitrogen and oxygen atoms in total. The van der Waals surface area contributed by atoms with Gasteiger partial charge in [-0.15, -0.1) is 0 Å². The lowest BCUT2D eigenvalue weighted by Crippen LogP contribution is -2.13. The van der Waals surface area contributed by atoms with Crippen LogP contribution < -0.4 is 5.32 Å². The minimum Gasteiger partial charge on any atom is -0.311 e. The highest BCUT2D eigenvalue weighted by Gasteiger charge is 2.10. The molecule has 0 aliphatic carbocycles. The van der Waals surface area contributed by atoms with Gasteiger partial charge in [-0.05, 0) is 48.5 Å². The third kappa shape index (κ3) is 2.62. The lowest BCUT2D eigenvalue weighted by Gasteiger charge is -2.07. The summed E-state index contributed by atoms with van der Waals surface area (Å²) >= 11 is 3.55. The summed E-state index contributed by atoms with van der Waals surface area (Å²) < 4.78 is 3.00. The number of halogens is 1. The molecule has 0 spiro atoms. The van der Waals surface area contributed by atoms with E-state index in [1.54, 1.807) is 0 Å². The molecule has 18 heavy (non-hydrogen) atoms. The van der Waals surface area contributed by atoms with Gasteiger partial charge in [0.1, 0.15) is 0 Å². The van der Waals surface area contributed by atoms with Crippen molar-refractivity contribution in [3.05, 3.63) is 39.9 Å². The molecule has 0 unspecified atom stereocenters. The largest absolute Gasteiger partial charge is 0.311 e. The third-order valence-electron chi connectivity index (χ3n) is 2.80. The lowest BCUT2D eigenvalue weighted by atomic mass is 10.3. The summed E-state index contributed by atoms with van der Waals surface area (Å²) in [5.41, 5.74) is 4.17. The van der Waals surface area contributed by atoms with E-state index in [4.69, 9.17) is 0 Å². The smallest absolute Gasteiger partial charge is 0.0743 e. The van der Waals surface area contributed by atoms with Crippen molar-refractivity contribution < 1.29 is 0 Å². The van der Waals surface area contributed by atoms with E-state index >= 15 is 0 Å². The molecule has 0 bridgehead atoms. The van der Waals surface area contributed by atoms with Crippen LogP contribution in [0.2, 0.25) is 0 Å². The molecule has 0 aliphatic heterocycles. The molecular formula is C13H17BrN4. The van der Waals surface area contributed by atoms with E-state index < -0.39 is 0 Å². The van der Waals surface area contributed by atoms with E-state index in [9.17, 15) is 0 Å². The molecule has 5 heteroatoms. The molecule has 2 heterocycles. The Morgan fingerprint density at radius 1 is 1.39 bits per heavy atom. The number of aryl methyl sites for hydroxylation is 1. The van der Waals surface area contributed by atoms with Crippen LogP contribution in [0.3, 0.4) is 0 Å². The van der Waals surface area contributed by atoms with Gasteiger partial charge in [-0.25, -0.2) is 4.68 Å². The second kappa shape index (κ2) is 5.63. The minimum absolute atomic E-state index is 0.783. The first-order chi connectivity index (χ1) is 8.63. The molecule has 96 valence electrons. The van der Waals surface area contributed by atoms with Crippen molar-refractivity contribution in [3.63, 3.8) is 0 Å². The third-order valence-corrected chi connectivity index (χ3v) is 3.95. The fourth-order valence-electron chi connectivity index (χ4n) is 1.82. The first kappa shape index (κ1) is 13.2. The zero-order chi connectivity index (χ0) is 13.1. The van der Waals surface area contributed by atoms with Crippen LogP contribution in [0.5, 0.6) is 0 Å². The molecule has 2 aromatic rings. The highest BCUT2D eigenvalue weighted by Crippen LogP contribution is 2.22. The minimum atomic E-state index is 0.783. The first-order valence-electron chi connectivity index (χ1n) is 6.01. The average Bonchev–Trinajstić information content (AvgIpc) is 2.64. The second-order valence-corrected chi connectivity index (χ2v) is 4.98. The van der Waals surface area contributed by atoms with Gasteiger partial charge in [-0.3, -0.25) is 4.98 Å². The van der Waals surface area contributed by atoms with Crippen LogP contribution in [0.4, 0.5) is 0 Å². The summed E-state index contributed by atoms with van der Waals surface area (Å²) in [6.07, 6.45) is 1.83. The van der Waals surface area contributed by atoms with Gasteiger partial charge in [0.15, 0.2) is 0 Å². The van der Waals surface area contributed by atoms with Gasteiger partial charge in [0.2, 0.25) is 0 Å². The summed E-state index contributed by atoms with van der Waals surface area (Å²) in [6.45, 7) is 7.85. The van der Waals surface area contributed by atoms with Crippen LogP contribution in [-0.2, 0) is 6.54 Å². The molecule has 2 aromatic heterocycles. The van der Waals surface area contributed by atoms with Gasteiger partial charge in [0, 0.05) is 12.7 Å². The number of hydrogen-bond donors (Lipinski definition) is 1. The molecule has 0 atom stereocenters. The Bertz CT molecular complexity index is 548. The standard InChI is InChI=1S/C13H17BrN4/c1-4-15-8-11-7-12(5-6-16-11)18-10(3)13(14)9(2)17-18/h5-7,15H,4,8H2,1-3H3. The van der Waals surface area contributed by atoms with Crippen LogP contribution in [0.25, 0.3) is 5.69 Å². The summed E-state index contributed by atoms with van der Waals surface area (Å²) in [5.74, 6) is 0. The molecule has 0 saturated heterocycles. The van der Waals surface area contributed by atoms with Crippen molar-refractivity contribution in [2.24, 2.45) is 0 Å². The summed E-state index contributed by atoms with van der Waals surface area (Å²) in [7, 11) is 0. The lowest BCUT2D eigenvalue weighted by molar-refractivity contribution is 0.708. The molecule has 0 radical (unpaired) electrons. The fraction of sp³-hybridized carbons (Fsp3) is 0.385. The van der Waals surface area contributed by atoms with Gasteiger partial charge in [-0.1, -0.05) is 6.92 Å². The summed E-state index contributed by atoms with van der Waals surface area (Å²) in [6, 6.07) is 4.04. The Balaban J connectivity index is 2.35. The monoisotopic (exact) mass is 308 g/mol. The zero-order valence-electron chi connectivity index (χ0n) is 10.9.